The maximum atomic E-state index is 11.7. The van der Waals surface area contributed by atoms with Crippen LogP contribution >= 0.6 is 0 Å². The third-order valence-electron chi connectivity index (χ3n) is 2.16. The van der Waals surface area contributed by atoms with E-state index < -0.39 is 0 Å². The molecule has 1 amide bonds. The fraction of sp³-hybridized carbons (Fsp3) is 0.250. The molecule has 0 unspecified atom stereocenters. The molecule has 0 aliphatic heterocycles. The Kier molecular flexibility index (Phi) is 4.54. The fourth-order valence-corrected chi connectivity index (χ4v) is 1.25. The van der Waals surface area contributed by atoms with E-state index >= 15 is 0 Å². The van der Waals surface area contributed by atoms with Gasteiger partial charge in [0.1, 0.15) is 5.75 Å². The number of nitrogens with zero attached hydrogens (tertiary/aromatic N) is 1. The van der Waals surface area contributed by atoms with Crippen LogP contribution in [0.1, 0.15) is 0 Å². The molecular formula is C12H16N2O2. The topological polar surface area (TPSA) is 52.6 Å². The van der Waals surface area contributed by atoms with Crippen molar-refractivity contribution < 1.29 is 9.90 Å². The third kappa shape index (κ3) is 3.40. The van der Waals surface area contributed by atoms with Crippen molar-refractivity contribution in [3.05, 3.63) is 36.9 Å². The van der Waals surface area contributed by atoms with Crippen LogP contribution in [0.5, 0.6) is 5.75 Å². The first-order chi connectivity index (χ1) is 7.65. The van der Waals surface area contributed by atoms with Crippen molar-refractivity contribution in [2.75, 3.05) is 25.0 Å². The number of benzene rings is 1. The third-order valence-corrected chi connectivity index (χ3v) is 2.16. The Morgan fingerprint density at radius 3 is 3.00 bits per heavy atom. The monoisotopic (exact) mass is 220 g/mol. The second kappa shape index (κ2) is 5.92. The molecule has 4 nitrogen and oxygen atoms in total. The van der Waals surface area contributed by atoms with Crippen LogP contribution in [0.15, 0.2) is 36.9 Å². The summed E-state index contributed by atoms with van der Waals surface area (Å²) < 4.78 is 0. The Hall–Kier alpha value is -1.81. The van der Waals surface area contributed by atoms with Crippen LogP contribution in [0.2, 0.25) is 0 Å². The molecule has 0 aliphatic rings. The molecule has 0 saturated carbocycles. The van der Waals surface area contributed by atoms with Crippen molar-refractivity contribution in [2.24, 2.45) is 0 Å². The van der Waals surface area contributed by atoms with Gasteiger partial charge in [-0.1, -0.05) is 12.1 Å². The zero-order valence-corrected chi connectivity index (χ0v) is 9.31. The van der Waals surface area contributed by atoms with Crippen LogP contribution in [-0.4, -0.2) is 31.2 Å². The molecule has 0 aliphatic carbocycles. The van der Waals surface area contributed by atoms with Gasteiger partial charge in [-0.15, -0.1) is 6.58 Å². The number of rotatable bonds is 5. The first-order valence-corrected chi connectivity index (χ1v) is 5.02. The summed E-state index contributed by atoms with van der Waals surface area (Å²) in [7, 11) is 1.67. The molecule has 0 heterocycles. The number of likely N-dealkylation sites (N-methyl/N-ethyl adjacent to an activating group) is 1. The summed E-state index contributed by atoms with van der Waals surface area (Å²) >= 11 is 0. The number of nitrogens with one attached hydrogen (secondary N) is 1. The highest BCUT2D eigenvalue weighted by Crippen LogP contribution is 2.18. The average Bonchev–Trinajstić information content (AvgIpc) is 2.28. The minimum absolute atomic E-state index is 0.0625. The van der Waals surface area contributed by atoms with Gasteiger partial charge in [0.25, 0.3) is 0 Å². The van der Waals surface area contributed by atoms with E-state index in [1.54, 1.807) is 37.4 Å². The van der Waals surface area contributed by atoms with Crippen LogP contribution in [0.3, 0.4) is 0 Å². The van der Waals surface area contributed by atoms with Gasteiger partial charge in [0, 0.05) is 25.3 Å². The minimum atomic E-state index is -0.0625. The number of amides is 1. The summed E-state index contributed by atoms with van der Waals surface area (Å²) in [5, 5.41) is 12.2. The van der Waals surface area contributed by atoms with Gasteiger partial charge in [-0.2, -0.15) is 0 Å². The Morgan fingerprint density at radius 1 is 1.62 bits per heavy atom. The van der Waals surface area contributed by atoms with Crippen LogP contribution in [0.4, 0.5) is 5.69 Å². The van der Waals surface area contributed by atoms with E-state index in [0.717, 1.165) is 0 Å². The van der Waals surface area contributed by atoms with Crippen molar-refractivity contribution >= 4 is 11.6 Å². The predicted octanol–water partition coefficient (Wildman–Crippen LogP) is 1.13. The number of aromatic hydroxyl groups is 1. The van der Waals surface area contributed by atoms with E-state index in [1.165, 1.54) is 4.90 Å². The summed E-state index contributed by atoms with van der Waals surface area (Å²) in [6.07, 6.45) is 1.70. The van der Waals surface area contributed by atoms with Gasteiger partial charge in [-0.25, -0.2) is 0 Å². The van der Waals surface area contributed by atoms with E-state index in [4.69, 9.17) is 0 Å². The maximum Gasteiger partial charge on any atom is 0.240 e. The van der Waals surface area contributed by atoms with E-state index in [9.17, 15) is 9.90 Å². The van der Waals surface area contributed by atoms with Crippen molar-refractivity contribution in [3.8, 4) is 5.75 Å². The number of phenolic OH excluding ortho intramolecular Hbond substituents is 1. The van der Waals surface area contributed by atoms with Crippen LogP contribution < -0.4 is 10.2 Å². The van der Waals surface area contributed by atoms with E-state index in [1.807, 2.05) is 0 Å². The smallest absolute Gasteiger partial charge is 0.240 e. The van der Waals surface area contributed by atoms with Gasteiger partial charge in [-0.05, 0) is 12.1 Å². The fourth-order valence-electron chi connectivity index (χ4n) is 1.25. The lowest BCUT2D eigenvalue weighted by Crippen LogP contribution is -2.35. The van der Waals surface area contributed by atoms with E-state index in [0.29, 0.717) is 12.2 Å². The van der Waals surface area contributed by atoms with Gasteiger partial charge in [-0.3, -0.25) is 4.79 Å². The molecule has 0 aromatic heterocycles. The zero-order chi connectivity index (χ0) is 12.0. The molecule has 0 fully saturated rings. The van der Waals surface area contributed by atoms with Crippen LogP contribution in [0, 0.1) is 0 Å². The number of hydrogen-bond acceptors (Lipinski definition) is 3. The second-order valence-corrected chi connectivity index (χ2v) is 3.39. The minimum Gasteiger partial charge on any atom is -0.508 e. The summed E-state index contributed by atoms with van der Waals surface area (Å²) in [4.78, 5) is 13.2. The largest absolute Gasteiger partial charge is 0.508 e. The molecule has 0 atom stereocenters. The van der Waals surface area contributed by atoms with Crippen molar-refractivity contribution in [1.29, 1.82) is 0 Å². The molecule has 0 spiro atoms. The number of hydrogen-bond donors (Lipinski definition) is 2. The standard InChI is InChI=1S/C12H16N2O2/c1-3-7-13-9-12(16)14(2)10-5-4-6-11(15)8-10/h3-6,8,13,15H,1,7,9H2,2H3. The number of anilines is 1. The van der Waals surface area contributed by atoms with E-state index in [-0.39, 0.29) is 18.2 Å². The van der Waals surface area contributed by atoms with Gasteiger partial charge in [0.2, 0.25) is 5.91 Å². The highest BCUT2D eigenvalue weighted by Gasteiger charge is 2.09. The lowest BCUT2D eigenvalue weighted by atomic mass is 10.3. The van der Waals surface area contributed by atoms with Crippen molar-refractivity contribution in [3.63, 3.8) is 0 Å². The average molecular weight is 220 g/mol. The summed E-state index contributed by atoms with van der Waals surface area (Å²) in [5.74, 6) is 0.0867. The zero-order valence-electron chi connectivity index (χ0n) is 9.31. The molecule has 2 N–H and O–H groups in total. The SMILES string of the molecule is C=CCNCC(=O)N(C)c1cccc(O)c1. The molecule has 0 bridgehead atoms. The molecule has 1 aromatic carbocycles. The Labute approximate surface area is 95.2 Å². The van der Waals surface area contributed by atoms with Gasteiger partial charge in [0.05, 0.1) is 6.54 Å². The molecule has 1 rings (SSSR count). The Morgan fingerprint density at radius 2 is 2.38 bits per heavy atom. The first kappa shape index (κ1) is 12.3. The quantitative estimate of drug-likeness (QED) is 0.577. The number of carbonyl (C=O) groups is 1. The molecular weight excluding hydrogens is 204 g/mol. The number of carbonyl (C=O) groups excluding carboxylic acids is 1. The van der Waals surface area contributed by atoms with Crippen molar-refractivity contribution in [2.45, 2.75) is 0 Å². The molecule has 0 radical (unpaired) electrons. The van der Waals surface area contributed by atoms with E-state index in [2.05, 4.69) is 11.9 Å². The lowest BCUT2D eigenvalue weighted by molar-refractivity contribution is -0.117. The molecule has 0 saturated heterocycles. The van der Waals surface area contributed by atoms with Gasteiger partial charge < -0.3 is 15.3 Å². The summed E-state index contributed by atoms with van der Waals surface area (Å²) in [6.45, 7) is 4.40. The lowest BCUT2D eigenvalue weighted by Gasteiger charge is -2.17. The summed E-state index contributed by atoms with van der Waals surface area (Å²) in [5.41, 5.74) is 0.672. The maximum absolute atomic E-state index is 11.7. The van der Waals surface area contributed by atoms with Crippen LogP contribution in [0.25, 0.3) is 0 Å². The van der Waals surface area contributed by atoms with Crippen LogP contribution in [-0.2, 0) is 4.79 Å². The van der Waals surface area contributed by atoms with Gasteiger partial charge in [0.15, 0.2) is 0 Å². The second-order valence-electron chi connectivity index (χ2n) is 3.39. The number of phenols is 1. The highest BCUT2D eigenvalue weighted by atomic mass is 16.3. The first-order valence-electron chi connectivity index (χ1n) is 5.02. The normalized spacial score (nSPS) is 9.81. The summed E-state index contributed by atoms with van der Waals surface area (Å²) in [6, 6.07) is 6.58. The van der Waals surface area contributed by atoms with Crippen molar-refractivity contribution in [1.82, 2.24) is 5.32 Å². The highest BCUT2D eigenvalue weighted by molar-refractivity contribution is 5.94. The predicted molar refractivity (Wildman–Crippen MR) is 64.6 cm³/mol. The Bertz CT molecular complexity index is 377. The van der Waals surface area contributed by atoms with Gasteiger partial charge >= 0.3 is 0 Å². The molecule has 86 valence electrons. The molecule has 1 aromatic rings. The molecule has 4 heteroatoms. The Balaban J connectivity index is 2.59. The molecule has 16 heavy (non-hydrogen) atoms.